The van der Waals surface area contributed by atoms with Crippen molar-refractivity contribution in [2.75, 3.05) is 13.7 Å². The first kappa shape index (κ1) is 27.5. The van der Waals surface area contributed by atoms with Crippen LogP contribution in [0.3, 0.4) is 0 Å². The predicted molar refractivity (Wildman–Crippen MR) is 152 cm³/mol. The quantitative estimate of drug-likeness (QED) is 0.149. The van der Waals surface area contributed by atoms with Gasteiger partial charge in [0, 0.05) is 23.1 Å². The number of rotatable bonds is 11. The number of aliphatic imine (C=N–C) groups is 1. The molecule has 0 fully saturated rings. The summed E-state index contributed by atoms with van der Waals surface area (Å²) in [6.45, 7) is 21.3. The lowest BCUT2D eigenvalue weighted by atomic mass is 10.0. The number of benzene rings is 1. The predicted octanol–water partition coefficient (Wildman–Crippen LogP) is 6.61. The van der Waals surface area contributed by atoms with E-state index in [1.807, 2.05) is 38.2 Å². The molecular weight excluding hydrogens is 432 g/mol. The summed E-state index contributed by atoms with van der Waals surface area (Å²) >= 11 is 0. The van der Waals surface area contributed by atoms with Gasteiger partial charge in [-0.05, 0) is 93.0 Å². The molecule has 4 N–H and O–H groups in total. The Bertz CT molecular complexity index is 1250. The zero-order chi connectivity index (χ0) is 26.1. The lowest BCUT2D eigenvalue weighted by Gasteiger charge is -2.13. The third-order valence-corrected chi connectivity index (χ3v) is 6.26. The van der Waals surface area contributed by atoms with Crippen molar-refractivity contribution in [1.29, 1.82) is 0 Å². The summed E-state index contributed by atoms with van der Waals surface area (Å²) in [7, 11) is 1.61. The summed E-state index contributed by atoms with van der Waals surface area (Å²) in [6, 6.07) is 4.35. The third-order valence-electron chi connectivity index (χ3n) is 6.26. The van der Waals surface area contributed by atoms with Crippen LogP contribution in [0.4, 0.5) is 0 Å². The summed E-state index contributed by atoms with van der Waals surface area (Å²) in [5.74, 6) is 1.32. The molecule has 5 heteroatoms. The van der Waals surface area contributed by atoms with Gasteiger partial charge in [-0.25, -0.2) is 4.99 Å². The van der Waals surface area contributed by atoms with E-state index in [0.717, 1.165) is 41.1 Å². The number of fused-ring (bicyclic) bond motifs is 1. The highest BCUT2D eigenvalue weighted by atomic mass is 16.5. The number of nitrogens with one attached hydrogen (secondary N) is 2. The molecule has 0 saturated carbocycles. The fraction of sp³-hybridized carbons (Fsp3) is 0.300. The maximum Gasteiger partial charge on any atom is 0.131 e. The Hall–Kier alpha value is -3.73. The van der Waals surface area contributed by atoms with Crippen molar-refractivity contribution in [3.05, 3.63) is 106 Å². The van der Waals surface area contributed by atoms with E-state index in [0.29, 0.717) is 5.76 Å². The lowest BCUT2D eigenvalue weighted by molar-refractivity contribution is 0.309. The number of aryl methyl sites for hydroxylation is 3. The molecule has 1 aromatic carbocycles. The van der Waals surface area contributed by atoms with E-state index in [4.69, 9.17) is 10.5 Å². The average molecular weight is 473 g/mol. The van der Waals surface area contributed by atoms with Crippen molar-refractivity contribution in [1.82, 2.24) is 10.3 Å². The monoisotopic (exact) mass is 472 g/mol. The van der Waals surface area contributed by atoms with Crippen molar-refractivity contribution in [2.24, 2.45) is 10.7 Å². The Kier molecular flexibility index (Phi) is 9.95. The van der Waals surface area contributed by atoms with Crippen molar-refractivity contribution in [3.8, 4) is 0 Å². The summed E-state index contributed by atoms with van der Waals surface area (Å²) < 4.78 is 5.12. The second-order valence-electron chi connectivity index (χ2n) is 8.71. The number of nitrogens with zero attached hydrogens (tertiary/aromatic N) is 1. The molecule has 5 nitrogen and oxygen atoms in total. The van der Waals surface area contributed by atoms with Crippen LogP contribution in [0.25, 0.3) is 10.9 Å². The number of H-pyrrole nitrogens is 1. The zero-order valence-electron chi connectivity index (χ0n) is 22.3. The van der Waals surface area contributed by atoms with Crippen LogP contribution >= 0.6 is 0 Å². The second-order valence-corrected chi connectivity index (χ2v) is 8.71. The third kappa shape index (κ3) is 6.89. The van der Waals surface area contributed by atoms with Gasteiger partial charge in [0.15, 0.2) is 0 Å². The highest BCUT2D eigenvalue weighted by Gasteiger charge is 2.13. The van der Waals surface area contributed by atoms with Gasteiger partial charge in [-0.15, -0.1) is 0 Å². The fourth-order valence-electron chi connectivity index (χ4n) is 4.09. The molecule has 2 aromatic rings. The maximum atomic E-state index is 5.67. The molecule has 0 aliphatic carbocycles. The molecule has 1 aromatic heterocycles. The van der Waals surface area contributed by atoms with Gasteiger partial charge in [0.1, 0.15) is 11.6 Å². The van der Waals surface area contributed by atoms with E-state index in [-0.39, 0.29) is 0 Å². The van der Waals surface area contributed by atoms with Crippen molar-refractivity contribution >= 4 is 17.2 Å². The summed E-state index contributed by atoms with van der Waals surface area (Å²) in [5.41, 5.74) is 15.9. The molecule has 186 valence electrons. The van der Waals surface area contributed by atoms with Gasteiger partial charge in [0.05, 0.1) is 13.4 Å². The number of allylic oxidation sites excluding steroid dienone is 8. The molecule has 0 bridgehead atoms. The molecule has 35 heavy (non-hydrogen) atoms. The Labute approximate surface area is 210 Å². The first-order valence-electron chi connectivity index (χ1n) is 11.9. The van der Waals surface area contributed by atoms with E-state index in [1.165, 1.54) is 39.6 Å². The molecule has 1 heterocycles. The summed E-state index contributed by atoms with van der Waals surface area (Å²) in [6.07, 6.45) is 10.1. The topological polar surface area (TPSA) is 75.4 Å². The van der Waals surface area contributed by atoms with E-state index in [2.05, 4.69) is 68.3 Å². The van der Waals surface area contributed by atoms with Crippen LogP contribution in [0.2, 0.25) is 0 Å². The number of hydrogen-bond acceptors (Lipinski definition) is 3. The molecule has 0 spiro atoms. The van der Waals surface area contributed by atoms with Gasteiger partial charge >= 0.3 is 0 Å². The minimum absolute atomic E-state index is 0.603. The molecule has 0 saturated heterocycles. The normalized spacial score (nSPS) is 13.6. The van der Waals surface area contributed by atoms with Crippen LogP contribution in [0, 0.1) is 20.8 Å². The highest BCUT2D eigenvalue weighted by molar-refractivity contribution is 5.90. The minimum Gasteiger partial charge on any atom is -0.497 e. The zero-order valence-corrected chi connectivity index (χ0v) is 22.3. The van der Waals surface area contributed by atoms with Crippen LogP contribution in [0.1, 0.15) is 43.2 Å². The molecule has 2 rings (SSSR count). The average Bonchev–Trinajstić information content (AvgIpc) is 3.17. The standard InChI is InChI=1S/C30H40N4O/c1-10-26(14-13-23(6)35-9)22(5)17-21(4)24(7)30(33-18-31)32-16-15-27-25(8)34-29-20(3)12-11-19(2)28(27)29/h10-14,17-18,32,34H,4,6,15-16H2,1-3,5,7-9H3,(H2,31,33)/b14-13-,22-17+,26-10+,30-24-. The molecule has 0 aliphatic rings. The van der Waals surface area contributed by atoms with Gasteiger partial charge in [0.2, 0.25) is 0 Å². The smallest absolute Gasteiger partial charge is 0.131 e. The summed E-state index contributed by atoms with van der Waals surface area (Å²) in [4.78, 5) is 7.95. The number of aromatic amines is 1. The molecule has 0 atom stereocenters. The Morgan fingerprint density at radius 3 is 2.46 bits per heavy atom. The molecule has 0 amide bonds. The number of aromatic nitrogens is 1. The largest absolute Gasteiger partial charge is 0.497 e. The van der Waals surface area contributed by atoms with E-state index < -0.39 is 0 Å². The maximum absolute atomic E-state index is 5.67. The van der Waals surface area contributed by atoms with Crippen LogP contribution in [-0.4, -0.2) is 25.0 Å². The van der Waals surface area contributed by atoms with Gasteiger partial charge < -0.3 is 20.8 Å². The van der Waals surface area contributed by atoms with Crippen molar-refractivity contribution < 1.29 is 4.74 Å². The fourth-order valence-corrected chi connectivity index (χ4v) is 4.09. The first-order chi connectivity index (χ1) is 16.6. The first-order valence-corrected chi connectivity index (χ1v) is 11.9. The van der Waals surface area contributed by atoms with Gasteiger partial charge in [-0.2, -0.15) is 0 Å². The highest BCUT2D eigenvalue weighted by Crippen LogP contribution is 2.28. The SMILES string of the molecule is C=C(\C=C/C(=C\C)C(/C)=C/C(=C)/C(C)=C(\N=C/N)NCCc1c(C)[nH]c2c(C)ccc(C)c12)OC. The number of ether oxygens (including phenoxy) is 1. The molecule has 0 unspecified atom stereocenters. The van der Waals surface area contributed by atoms with Crippen LogP contribution in [0.15, 0.2) is 88.5 Å². The Morgan fingerprint density at radius 1 is 1.14 bits per heavy atom. The van der Waals surface area contributed by atoms with Crippen LogP contribution in [0.5, 0.6) is 0 Å². The van der Waals surface area contributed by atoms with Crippen molar-refractivity contribution in [2.45, 2.75) is 48.0 Å². The number of methoxy groups -OCH3 is 1. The van der Waals surface area contributed by atoms with Gasteiger partial charge in [0.25, 0.3) is 0 Å². The lowest BCUT2D eigenvalue weighted by Crippen LogP contribution is -2.18. The van der Waals surface area contributed by atoms with E-state index in [9.17, 15) is 0 Å². The van der Waals surface area contributed by atoms with Gasteiger partial charge in [-0.1, -0.05) is 43.5 Å². The molecule has 0 radical (unpaired) electrons. The van der Waals surface area contributed by atoms with E-state index >= 15 is 0 Å². The Morgan fingerprint density at radius 2 is 1.83 bits per heavy atom. The minimum atomic E-state index is 0.603. The van der Waals surface area contributed by atoms with Crippen LogP contribution < -0.4 is 11.1 Å². The second kappa shape index (κ2) is 12.7. The molecular formula is C30H40N4O. The van der Waals surface area contributed by atoms with Crippen molar-refractivity contribution in [3.63, 3.8) is 0 Å². The van der Waals surface area contributed by atoms with Gasteiger partial charge in [-0.3, -0.25) is 0 Å². The summed E-state index contributed by atoms with van der Waals surface area (Å²) in [5, 5.41) is 4.79. The molecule has 0 aliphatic heterocycles. The Balaban J connectivity index is 2.23. The van der Waals surface area contributed by atoms with E-state index in [1.54, 1.807) is 7.11 Å². The van der Waals surface area contributed by atoms with Crippen LogP contribution in [-0.2, 0) is 11.2 Å². The number of nitrogens with two attached hydrogens (primary N) is 1. The number of hydrogen-bond donors (Lipinski definition) is 3.